The van der Waals surface area contributed by atoms with Crippen molar-refractivity contribution in [3.05, 3.63) is 30.1 Å². The van der Waals surface area contributed by atoms with E-state index in [2.05, 4.69) is 15.2 Å². The molecule has 2 aromatic heterocycles. The summed E-state index contributed by atoms with van der Waals surface area (Å²) in [5, 5.41) is 7.75. The van der Waals surface area contributed by atoms with E-state index >= 15 is 0 Å². The molecule has 3 nitrogen and oxygen atoms in total. The summed E-state index contributed by atoms with van der Waals surface area (Å²) in [6, 6.07) is 3.78. The average molecular weight is 145 g/mol. The number of hydrogen-bond acceptors (Lipinski definition) is 3. The molecule has 0 aliphatic heterocycles. The highest BCUT2D eigenvalue weighted by molar-refractivity contribution is 5.75. The van der Waals surface area contributed by atoms with Crippen LogP contribution in [-0.2, 0) is 0 Å². The molecule has 3 heteroatoms. The van der Waals surface area contributed by atoms with E-state index in [1.165, 1.54) is 0 Å². The van der Waals surface area contributed by atoms with E-state index in [0.717, 1.165) is 16.6 Å². The Balaban J connectivity index is 2.91. The van der Waals surface area contributed by atoms with Crippen LogP contribution in [0.2, 0.25) is 0 Å². The summed E-state index contributed by atoms with van der Waals surface area (Å²) in [5.74, 6) is 0. The van der Waals surface area contributed by atoms with E-state index in [4.69, 9.17) is 0 Å². The third-order valence-electron chi connectivity index (χ3n) is 1.61. The second kappa shape index (κ2) is 2.27. The van der Waals surface area contributed by atoms with Gasteiger partial charge in [0.2, 0.25) is 0 Å². The number of nitrogens with zero attached hydrogens (tertiary/aromatic N) is 3. The number of pyridine rings is 1. The first-order valence-electron chi connectivity index (χ1n) is 3.41. The minimum Gasteiger partial charge on any atom is -0.254 e. The van der Waals surface area contributed by atoms with Gasteiger partial charge >= 0.3 is 0 Å². The summed E-state index contributed by atoms with van der Waals surface area (Å²) in [5.41, 5.74) is 2.90. The highest BCUT2D eigenvalue weighted by Gasteiger charge is 1.96. The summed E-state index contributed by atoms with van der Waals surface area (Å²) < 4.78 is 0. The zero-order chi connectivity index (χ0) is 7.68. The fourth-order valence-electron chi connectivity index (χ4n) is 1.02. The standard InChI is InChI=1S/C8H7N3/c1-6-2-4-9-7-3-5-10-11-8(6)7/h2-5H,1H3. The quantitative estimate of drug-likeness (QED) is 0.561. The van der Waals surface area contributed by atoms with Crippen molar-refractivity contribution in [3.63, 3.8) is 0 Å². The molecule has 0 aliphatic carbocycles. The molecule has 0 amide bonds. The van der Waals surface area contributed by atoms with Gasteiger partial charge in [-0.3, -0.25) is 4.98 Å². The van der Waals surface area contributed by atoms with Crippen LogP contribution < -0.4 is 0 Å². The second-order valence-corrected chi connectivity index (χ2v) is 2.39. The molecule has 0 atom stereocenters. The Morgan fingerprint density at radius 1 is 1.18 bits per heavy atom. The second-order valence-electron chi connectivity index (χ2n) is 2.39. The molecule has 54 valence electrons. The maximum absolute atomic E-state index is 4.14. The van der Waals surface area contributed by atoms with Crippen LogP contribution in [0.25, 0.3) is 11.0 Å². The summed E-state index contributed by atoms with van der Waals surface area (Å²) in [7, 11) is 0. The fraction of sp³-hybridized carbons (Fsp3) is 0.125. The molecule has 2 heterocycles. The lowest BCUT2D eigenvalue weighted by molar-refractivity contribution is 1.06. The summed E-state index contributed by atoms with van der Waals surface area (Å²) in [4.78, 5) is 4.14. The van der Waals surface area contributed by atoms with Gasteiger partial charge in [0.1, 0.15) is 5.52 Å². The maximum Gasteiger partial charge on any atom is 0.114 e. The first-order valence-corrected chi connectivity index (χ1v) is 3.41. The predicted molar refractivity (Wildman–Crippen MR) is 42.1 cm³/mol. The Bertz CT molecular complexity index is 378. The highest BCUT2D eigenvalue weighted by atomic mass is 15.1. The van der Waals surface area contributed by atoms with Crippen LogP contribution in [0.4, 0.5) is 0 Å². The molecule has 2 rings (SSSR count). The number of aryl methyl sites for hydroxylation is 1. The Kier molecular flexibility index (Phi) is 1.28. The fourth-order valence-corrected chi connectivity index (χ4v) is 1.02. The van der Waals surface area contributed by atoms with Crippen molar-refractivity contribution in [2.45, 2.75) is 6.92 Å². The van der Waals surface area contributed by atoms with Crippen LogP contribution in [0.15, 0.2) is 24.5 Å². The lowest BCUT2D eigenvalue weighted by atomic mass is 10.2. The Hall–Kier alpha value is -1.51. The van der Waals surface area contributed by atoms with E-state index < -0.39 is 0 Å². The van der Waals surface area contributed by atoms with E-state index in [0.29, 0.717) is 0 Å². The first kappa shape index (κ1) is 6.22. The van der Waals surface area contributed by atoms with Gasteiger partial charge in [0.25, 0.3) is 0 Å². The van der Waals surface area contributed by atoms with E-state index in [1.54, 1.807) is 12.4 Å². The van der Waals surface area contributed by atoms with Gasteiger partial charge in [0.05, 0.1) is 11.7 Å². The molecule has 0 saturated carbocycles. The van der Waals surface area contributed by atoms with Crippen LogP contribution in [0.3, 0.4) is 0 Å². The molecule has 0 aromatic carbocycles. The summed E-state index contributed by atoms with van der Waals surface area (Å²) >= 11 is 0. The third-order valence-corrected chi connectivity index (χ3v) is 1.61. The highest BCUT2D eigenvalue weighted by Crippen LogP contribution is 2.09. The zero-order valence-corrected chi connectivity index (χ0v) is 6.15. The minimum atomic E-state index is 0.884. The molecule has 0 radical (unpaired) electrons. The van der Waals surface area contributed by atoms with Crippen molar-refractivity contribution in [1.29, 1.82) is 0 Å². The van der Waals surface area contributed by atoms with Crippen LogP contribution in [0, 0.1) is 6.92 Å². The minimum absolute atomic E-state index is 0.884. The van der Waals surface area contributed by atoms with Crippen molar-refractivity contribution < 1.29 is 0 Å². The normalized spacial score (nSPS) is 10.3. The molecular formula is C8H7N3. The molecule has 0 N–H and O–H groups in total. The molecule has 2 aromatic rings. The van der Waals surface area contributed by atoms with Gasteiger partial charge in [-0.05, 0) is 24.6 Å². The monoisotopic (exact) mass is 145 g/mol. The van der Waals surface area contributed by atoms with Crippen LogP contribution >= 0.6 is 0 Å². The number of hydrogen-bond donors (Lipinski definition) is 0. The first-order chi connectivity index (χ1) is 5.38. The Labute approximate surface area is 64.1 Å². The van der Waals surface area contributed by atoms with Gasteiger partial charge in [-0.25, -0.2) is 0 Å². The topological polar surface area (TPSA) is 38.7 Å². The summed E-state index contributed by atoms with van der Waals surface area (Å²) in [6.07, 6.45) is 3.42. The molecule has 0 unspecified atom stereocenters. The van der Waals surface area contributed by atoms with Crippen molar-refractivity contribution in [2.24, 2.45) is 0 Å². The van der Waals surface area contributed by atoms with Crippen LogP contribution in [0.5, 0.6) is 0 Å². The molecule has 0 bridgehead atoms. The van der Waals surface area contributed by atoms with E-state index in [1.807, 2.05) is 19.1 Å². The van der Waals surface area contributed by atoms with Gasteiger partial charge in [0.15, 0.2) is 0 Å². The van der Waals surface area contributed by atoms with Gasteiger partial charge in [-0.1, -0.05) is 0 Å². The van der Waals surface area contributed by atoms with Crippen molar-refractivity contribution in [2.75, 3.05) is 0 Å². The zero-order valence-electron chi connectivity index (χ0n) is 6.15. The van der Waals surface area contributed by atoms with Gasteiger partial charge < -0.3 is 0 Å². The lowest BCUT2D eigenvalue weighted by Crippen LogP contribution is -1.87. The maximum atomic E-state index is 4.14. The third kappa shape index (κ3) is 0.941. The SMILES string of the molecule is Cc1ccnc2ccnnc12. The van der Waals surface area contributed by atoms with Gasteiger partial charge in [-0.15, -0.1) is 5.10 Å². The van der Waals surface area contributed by atoms with Crippen LogP contribution in [0.1, 0.15) is 5.56 Å². The van der Waals surface area contributed by atoms with Crippen molar-refractivity contribution >= 4 is 11.0 Å². The Morgan fingerprint density at radius 2 is 2.09 bits per heavy atom. The van der Waals surface area contributed by atoms with Crippen LogP contribution in [-0.4, -0.2) is 15.2 Å². The number of aromatic nitrogens is 3. The molecule has 0 saturated heterocycles. The smallest absolute Gasteiger partial charge is 0.114 e. The number of fused-ring (bicyclic) bond motifs is 1. The van der Waals surface area contributed by atoms with E-state index in [9.17, 15) is 0 Å². The number of rotatable bonds is 0. The predicted octanol–water partition coefficient (Wildman–Crippen LogP) is 1.33. The van der Waals surface area contributed by atoms with Gasteiger partial charge in [-0.2, -0.15) is 5.10 Å². The Morgan fingerprint density at radius 3 is 2.91 bits per heavy atom. The largest absolute Gasteiger partial charge is 0.254 e. The molecule has 0 aliphatic rings. The van der Waals surface area contributed by atoms with Crippen molar-refractivity contribution in [3.8, 4) is 0 Å². The summed E-state index contributed by atoms with van der Waals surface area (Å²) in [6.45, 7) is 2.00. The van der Waals surface area contributed by atoms with Crippen molar-refractivity contribution in [1.82, 2.24) is 15.2 Å². The average Bonchev–Trinajstić information content (AvgIpc) is 2.06. The van der Waals surface area contributed by atoms with E-state index in [-0.39, 0.29) is 0 Å². The molecule has 0 spiro atoms. The molecule has 11 heavy (non-hydrogen) atoms. The lowest BCUT2D eigenvalue weighted by Gasteiger charge is -1.95. The molecule has 0 fully saturated rings. The molecular weight excluding hydrogens is 138 g/mol. The van der Waals surface area contributed by atoms with Gasteiger partial charge in [0, 0.05) is 6.20 Å².